The highest BCUT2D eigenvalue weighted by molar-refractivity contribution is 5.92. The number of hydrogen-bond acceptors (Lipinski definition) is 5. The first-order valence-electron chi connectivity index (χ1n) is 9.12. The van der Waals surface area contributed by atoms with Crippen molar-refractivity contribution in [2.75, 3.05) is 13.1 Å². The quantitative estimate of drug-likeness (QED) is 0.729. The highest BCUT2D eigenvalue weighted by Crippen LogP contribution is 2.21. The summed E-state index contributed by atoms with van der Waals surface area (Å²) in [6, 6.07) is 10.2. The lowest BCUT2D eigenvalue weighted by Gasteiger charge is -2.36. The number of amides is 1. The average molecular weight is 365 g/mol. The van der Waals surface area contributed by atoms with Gasteiger partial charge in [0.15, 0.2) is 0 Å². The van der Waals surface area contributed by atoms with Gasteiger partial charge in [-0.05, 0) is 23.9 Å². The van der Waals surface area contributed by atoms with E-state index in [4.69, 9.17) is 0 Å². The molecule has 1 saturated heterocycles. The normalized spacial score (nSPS) is 20.7. The van der Waals surface area contributed by atoms with E-state index in [9.17, 15) is 9.90 Å². The standard InChI is InChI=1S/C20H23N5O2/c1-24-15(10-14-4-2-3-5-18(14)24)12-25-9-6-16(19(26)13-25)23-20(27)17-11-21-7-8-22-17/h2-5,7-8,10-11,16,19,26H,6,9,12-13H2,1H3,(H,23,27)/t16-,19-/m0/s1. The van der Waals surface area contributed by atoms with E-state index in [1.165, 1.54) is 35.2 Å². The fourth-order valence-corrected chi connectivity index (χ4v) is 3.69. The van der Waals surface area contributed by atoms with Crippen molar-refractivity contribution in [2.45, 2.75) is 25.1 Å². The average Bonchev–Trinajstić information content (AvgIpc) is 3.00. The summed E-state index contributed by atoms with van der Waals surface area (Å²) in [5.41, 5.74) is 2.69. The molecule has 0 spiro atoms. The zero-order valence-electron chi connectivity index (χ0n) is 15.2. The second-order valence-electron chi connectivity index (χ2n) is 7.02. The molecule has 1 aliphatic rings. The summed E-state index contributed by atoms with van der Waals surface area (Å²) in [7, 11) is 2.07. The fourth-order valence-electron chi connectivity index (χ4n) is 3.69. The van der Waals surface area contributed by atoms with Crippen LogP contribution >= 0.6 is 0 Å². The van der Waals surface area contributed by atoms with Crippen molar-refractivity contribution < 1.29 is 9.90 Å². The Labute approximate surface area is 157 Å². The van der Waals surface area contributed by atoms with Crippen molar-refractivity contribution in [2.24, 2.45) is 7.05 Å². The minimum absolute atomic E-state index is 0.266. The molecule has 0 aliphatic carbocycles. The zero-order chi connectivity index (χ0) is 18.8. The van der Waals surface area contributed by atoms with Crippen molar-refractivity contribution in [1.29, 1.82) is 0 Å². The van der Waals surface area contributed by atoms with Crippen LogP contribution in [0.5, 0.6) is 0 Å². The Kier molecular flexibility index (Phi) is 4.87. The number of carbonyl (C=O) groups excluding carboxylic acids is 1. The number of nitrogens with one attached hydrogen (secondary N) is 1. The van der Waals surface area contributed by atoms with Gasteiger partial charge < -0.3 is 15.0 Å². The molecule has 7 heteroatoms. The van der Waals surface area contributed by atoms with Crippen molar-refractivity contribution in [1.82, 2.24) is 24.8 Å². The minimum Gasteiger partial charge on any atom is -0.390 e. The second-order valence-corrected chi connectivity index (χ2v) is 7.02. The summed E-state index contributed by atoms with van der Waals surface area (Å²) in [6.07, 6.45) is 4.51. The van der Waals surface area contributed by atoms with Crippen LogP contribution < -0.4 is 5.32 Å². The molecule has 0 bridgehead atoms. The number of aryl methyl sites for hydroxylation is 1. The van der Waals surface area contributed by atoms with Gasteiger partial charge in [-0.1, -0.05) is 18.2 Å². The van der Waals surface area contributed by atoms with Crippen LogP contribution in [0.4, 0.5) is 0 Å². The molecule has 2 atom stereocenters. The van der Waals surface area contributed by atoms with Gasteiger partial charge in [0.25, 0.3) is 5.91 Å². The number of carbonyl (C=O) groups is 1. The number of benzene rings is 1. The summed E-state index contributed by atoms with van der Waals surface area (Å²) in [6.45, 7) is 2.10. The number of aliphatic hydroxyl groups is 1. The number of nitrogens with zero attached hydrogens (tertiary/aromatic N) is 4. The predicted molar refractivity (Wildman–Crippen MR) is 102 cm³/mol. The van der Waals surface area contributed by atoms with Crippen LogP contribution in [0.3, 0.4) is 0 Å². The molecule has 0 radical (unpaired) electrons. The number of piperidine rings is 1. The highest BCUT2D eigenvalue weighted by Gasteiger charge is 2.29. The first-order chi connectivity index (χ1) is 13.1. The Morgan fingerprint density at radius 2 is 2.19 bits per heavy atom. The molecule has 2 N–H and O–H groups in total. The molecule has 3 aromatic rings. The monoisotopic (exact) mass is 365 g/mol. The summed E-state index contributed by atoms with van der Waals surface area (Å²) in [5, 5.41) is 14.6. The summed E-state index contributed by atoms with van der Waals surface area (Å²) < 4.78 is 2.20. The third-order valence-electron chi connectivity index (χ3n) is 5.22. The van der Waals surface area contributed by atoms with Gasteiger partial charge in [0.2, 0.25) is 0 Å². The second kappa shape index (κ2) is 7.46. The maximum Gasteiger partial charge on any atom is 0.271 e. The SMILES string of the molecule is Cn1c(CN2CC[C@H](NC(=O)c3cnccn3)[C@@H](O)C2)cc2ccccc21. The Bertz CT molecular complexity index is 940. The van der Waals surface area contributed by atoms with Crippen molar-refractivity contribution in [3.05, 3.63) is 60.3 Å². The largest absolute Gasteiger partial charge is 0.390 e. The summed E-state index contributed by atoms with van der Waals surface area (Å²) >= 11 is 0. The lowest BCUT2D eigenvalue weighted by molar-refractivity contribution is 0.0341. The molecule has 0 unspecified atom stereocenters. The summed E-state index contributed by atoms with van der Waals surface area (Å²) in [4.78, 5) is 22.4. The molecule has 0 saturated carbocycles. The lowest BCUT2D eigenvalue weighted by atomic mass is 10.0. The van der Waals surface area contributed by atoms with Crippen molar-refractivity contribution >= 4 is 16.8 Å². The topological polar surface area (TPSA) is 83.3 Å². The van der Waals surface area contributed by atoms with Crippen LogP contribution in [0.2, 0.25) is 0 Å². The van der Waals surface area contributed by atoms with Gasteiger partial charge >= 0.3 is 0 Å². The van der Waals surface area contributed by atoms with Crippen LogP contribution in [0, 0.1) is 0 Å². The molecule has 1 aliphatic heterocycles. The molecule has 1 fully saturated rings. The number of β-amino-alcohol motifs (C(OH)–C–C–N with tert-alkyl or cyclic N) is 1. The van der Waals surface area contributed by atoms with Gasteiger partial charge in [0.05, 0.1) is 18.3 Å². The molecule has 2 aromatic heterocycles. The maximum absolute atomic E-state index is 12.2. The minimum atomic E-state index is -0.617. The van der Waals surface area contributed by atoms with E-state index in [-0.39, 0.29) is 17.6 Å². The number of likely N-dealkylation sites (tertiary alicyclic amines) is 1. The molecule has 3 heterocycles. The van der Waals surface area contributed by atoms with Crippen molar-refractivity contribution in [3.8, 4) is 0 Å². The summed E-state index contributed by atoms with van der Waals surface area (Å²) in [5.74, 6) is -0.297. The molecular weight excluding hydrogens is 342 g/mol. The van der Waals surface area contributed by atoms with E-state index in [1.807, 2.05) is 12.1 Å². The number of aromatic nitrogens is 3. The molecule has 7 nitrogen and oxygen atoms in total. The van der Waals surface area contributed by atoms with E-state index in [1.54, 1.807) is 0 Å². The number of rotatable bonds is 4. The van der Waals surface area contributed by atoms with Gasteiger partial charge in [-0.15, -0.1) is 0 Å². The zero-order valence-corrected chi connectivity index (χ0v) is 15.2. The van der Waals surface area contributed by atoms with E-state index in [0.717, 1.165) is 13.1 Å². The number of hydrogen-bond donors (Lipinski definition) is 2. The molecular formula is C20H23N5O2. The van der Waals surface area contributed by atoms with Crippen molar-refractivity contribution in [3.63, 3.8) is 0 Å². The van der Waals surface area contributed by atoms with Gasteiger partial charge in [0.1, 0.15) is 5.69 Å². The Hall–Kier alpha value is -2.77. The number of aliphatic hydroxyl groups excluding tert-OH is 1. The van der Waals surface area contributed by atoms with Gasteiger partial charge in [-0.25, -0.2) is 4.98 Å². The molecule has 140 valence electrons. The van der Waals surface area contributed by atoms with Crippen LogP contribution in [0.25, 0.3) is 10.9 Å². The van der Waals surface area contributed by atoms with Gasteiger partial charge in [0, 0.05) is 50.3 Å². The van der Waals surface area contributed by atoms with E-state index < -0.39 is 6.10 Å². The van der Waals surface area contributed by atoms with Gasteiger partial charge in [-0.2, -0.15) is 0 Å². The molecule has 27 heavy (non-hydrogen) atoms. The Balaban J connectivity index is 1.38. The third kappa shape index (κ3) is 3.70. The predicted octanol–water partition coefficient (Wildman–Crippen LogP) is 1.33. The first kappa shape index (κ1) is 17.6. The van der Waals surface area contributed by atoms with Crippen LogP contribution in [-0.2, 0) is 13.6 Å². The van der Waals surface area contributed by atoms with Crippen LogP contribution in [-0.4, -0.2) is 55.7 Å². The van der Waals surface area contributed by atoms with Crippen LogP contribution in [0.15, 0.2) is 48.9 Å². The third-order valence-corrected chi connectivity index (χ3v) is 5.22. The molecule has 1 amide bonds. The Morgan fingerprint density at radius 1 is 1.33 bits per heavy atom. The van der Waals surface area contributed by atoms with Gasteiger partial charge in [-0.3, -0.25) is 14.7 Å². The lowest BCUT2D eigenvalue weighted by Crippen LogP contribution is -2.53. The molecule has 1 aromatic carbocycles. The fraction of sp³-hybridized carbons (Fsp3) is 0.350. The van der Waals surface area contributed by atoms with E-state index in [0.29, 0.717) is 13.0 Å². The number of fused-ring (bicyclic) bond motifs is 1. The molecule has 4 rings (SSSR count). The first-order valence-corrected chi connectivity index (χ1v) is 9.12. The maximum atomic E-state index is 12.2. The van der Waals surface area contributed by atoms with E-state index >= 15 is 0 Å². The van der Waals surface area contributed by atoms with Crippen LogP contribution in [0.1, 0.15) is 22.6 Å². The highest BCUT2D eigenvalue weighted by atomic mass is 16.3. The van der Waals surface area contributed by atoms with E-state index in [2.05, 4.69) is 50.0 Å². The number of para-hydroxylation sites is 1. The smallest absolute Gasteiger partial charge is 0.271 e. The Morgan fingerprint density at radius 3 is 2.93 bits per heavy atom.